The Morgan fingerprint density at radius 3 is 2.36 bits per heavy atom. The first-order valence-electron chi connectivity index (χ1n) is 14.2. The highest BCUT2D eigenvalue weighted by Crippen LogP contribution is 2.56. The van der Waals surface area contributed by atoms with E-state index in [2.05, 4.69) is 19.1 Å². The minimum Gasteiger partial charge on any atom is -0.497 e. The van der Waals surface area contributed by atoms with Crippen molar-refractivity contribution in [2.75, 3.05) is 27.6 Å². The zero-order valence-electron chi connectivity index (χ0n) is 24.0. The number of hydrogen-bond acceptors (Lipinski definition) is 7. The lowest BCUT2D eigenvalue weighted by Gasteiger charge is -2.26. The zero-order valence-corrected chi connectivity index (χ0v) is 24.0. The number of benzene rings is 4. The van der Waals surface area contributed by atoms with Crippen LogP contribution in [-0.4, -0.2) is 33.6 Å². The van der Waals surface area contributed by atoms with Gasteiger partial charge in [-0.1, -0.05) is 55.5 Å². The van der Waals surface area contributed by atoms with Crippen LogP contribution in [0.4, 0.5) is 0 Å². The number of esters is 1. The average molecular weight is 567 g/mol. The third kappa shape index (κ3) is 5.22. The molecule has 1 heterocycles. The van der Waals surface area contributed by atoms with Crippen LogP contribution in [0.2, 0.25) is 0 Å². The summed E-state index contributed by atoms with van der Waals surface area (Å²) in [6.07, 6.45) is 0.890. The average Bonchev–Trinajstić information content (AvgIpc) is 3.64. The summed E-state index contributed by atoms with van der Waals surface area (Å²) in [5.41, 5.74) is 4.88. The first-order chi connectivity index (χ1) is 20.6. The predicted octanol–water partition coefficient (Wildman–Crippen LogP) is 6.86. The van der Waals surface area contributed by atoms with Gasteiger partial charge in [-0.2, -0.15) is 0 Å². The first-order valence-corrected chi connectivity index (χ1v) is 14.2. The van der Waals surface area contributed by atoms with Crippen molar-refractivity contribution in [3.05, 3.63) is 113 Å². The van der Waals surface area contributed by atoms with Crippen molar-refractivity contribution in [3.63, 3.8) is 0 Å². The van der Waals surface area contributed by atoms with Crippen LogP contribution in [0, 0.1) is 5.92 Å². The lowest BCUT2D eigenvalue weighted by molar-refractivity contribution is -0.146. The second-order valence-electron chi connectivity index (χ2n) is 10.4. The number of carbonyl (C=O) groups is 1. The molecule has 216 valence electrons. The molecule has 1 aliphatic heterocycles. The Morgan fingerprint density at radius 2 is 1.57 bits per heavy atom. The van der Waals surface area contributed by atoms with Crippen LogP contribution in [0.5, 0.6) is 28.7 Å². The lowest BCUT2D eigenvalue weighted by Crippen LogP contribution is -2.26. The molecule has 0 saturated carbocycles. The van der Waals surface area contributed by atoms with Gasteiger partial charge in [0.2, 0.25) is 6.79 Å². The normalized spacial score (nSPS) is 18.3. The van der Waals surface area contributed by atoms with Crippen LogP contribution in [0.25, 0.3) is 0 Å². The molecule has 2 aliphatic rings. The van der Waals surface area contributed by atoms with E-state index in [1.54, 1.807) is 7.11 Å². The molecular weight excluding hydrogens is 532 g/mol. The fourth-order valence-corrected chi connectivity index (χ4v) is 6.02. The number of carbonyl (C=O) groups excluding carboxylic acids is 1. The summed E-state index contributed by atoms with van der Waals surface area (Å²) >= 11 is 0. The molecule has 0 aromatic heterocycles. The third-order valence-electron chi connectivity index (χ3n) is 7.94. The molecular formula is C35H34O7. The molecule has 3 atom stereocenters. The van der Waals surface area contributed by atoms with Crippen molar-refractivity contribution in [1.82, 2.24) is 0 Å². The molecule has 0 bridgehead atoms. The second-order valence-corrected chi connectivity index (χ2v) is 10.4. The molecule has 0 N–H and O–H groups in total. The lowest BCUT2D eigenvalue weighted by atomic mass is 9.79. The van der Waals surface area contributed by atoms with Gasteiger partial charge in [-0.15, -0.1) is 0 Å². The molecule has 42 heavy (non-hydrogen) atoms. The van der Waals surface area contributed by atoms with E-state index in [0.717, 1.165) is 40.0 Å². The van der Waals surface area contributed by atoms with Crippen molar-refractivity contribution in [2.24, 2.45) is 5.92 Å². The molecule has 4 aromatic rings. The first kappa shape index (κ1) is 27.5. The van der Waals surface area contributed by atoms with Crippen molar-refractivity contribution >= 4 is 5.97 Å². The smallest absolute Gasteiger partial charge is 0.310 e. The van der Waals surface area contributed by atoms with Gasteiger partial charge in [-0.05, 0) is 59.0 Å². The topological polar surface area (TPSA) is 72.5 Å². The SMILES string of the molecule is CCCOc1ccc2c(c1)C(c1ccc(OC)cc1OCc1ccccc1)[C@@H](C(=O)OC)[C@H]2c1ccc2c(c1)OCO2. The summed E-state index contributed by atoms with van der Waals surface area (Å²) in [4.78, 5) is 13.8. The molecule has 1 unspecified atom stereocenters. The fourth-order valence-electron chi connectivity index (χ4n) is 6.02. The second kappa shape index (κ2) is 12.1. The molecule has 0 fully saturated rings. The van der Waals surface area contributed by atoms with Gasteiger partial charge >= 0.3 is 5.97 Å². The van der Waals surface area contributed by atoms with Crippen LogP contribution in [0.1, 0.15) is 53.0 Å². The van der Waals surface area contributed by atoms with E-state index >= 15 is 0 Å². The summed E-state index contributed by atoms with van der Waals surface area (Å²) in [6.45, 7) is 3.22. The fraction of sp³-hybridized carbons (Fsp3) is 0.286. The predicted molar refractivity (Wildman–Crippen MR) is 158 cm³/mol. The quantitative estimate of drug-likeness (QED) is 0.194. The number of methoxy groups -OCH3 is 2. The number of rotatable bonds is 10. The molecule has 6 rings (SSSR count). The van der Waals surface area contributed by atoms with Gasteiger partial charge in [0.15, 0.2) is 11.5 Å². The zero-order chi connectivity index (χ0) is 29.1. The molecule has 7 heteroatoms. The van der Waals surface area contributed by atoms with Crippen molar-refractivity contribution in [1.29, 1.82) is 0 Å². The highest BCUT2D eigenvalue weighted by molar-refractivity contribution is 5.80. The summed E-state index contributed by atoms with van der Waals surface area (Å²) < 4.78 is 34.8. The van der Waals surface area contributed by atoms with Crippen molar-refractivity contribution in [2.45, 2.75) is 31.8 Å². The van der Waals surface area contributed by atoms with Crippen molar-refractivity contribution < 1.29 is 33.2 Å². The van der Waals surface area contributed by atoms with Gasteiger partial charge < -0.3 is 28.4 Å². The van der Waals surface area contributed by atoms with E-state index in [1.807, 2.05) is 72.8 Å². The van der Waals surface area contributed by atoms with Gasteiger partial charge in [0.1, 0.15) is 23.9 Å². The maximum absolute atomic E-state index is 13.8. The van der Waals surface area contributed by atoms with E-state index in [9.17, 15) is 4.79 Å². The van der Waals surface area contributed by atoms with Crippen LogP contribution in [0.3, 0.4) is 0 Å². The van der Waals surface area contributed by atoms with Gasteiger partial charge in [0.25, 0.3) is 0 Å². The highest BCUT2D eigenvalue weighted by atomic mass is 16.7. The minimum absolute atomic E-state index is 0.176. The van der Waals surface area contributed by atoms with Gasteiger partial charge in [0, 0.05) is 23.5 Å². The van der Waals surface area contributed by atoms with Crippen molar-refractivity contribution in [3.8, 4) is 28.7 Å². The maximum atomic E-state index is 13.8. The van der Waals surface area contributed by atoms with Gasteiger partial charge in [0.05, 0.1) is 26.7 Å². The van der Waals surface area contributed by atoms with Gasteiger partial charge in [-0.25, -0.2) is 0 Å². The van der Waals surface area contributed by atoms with E-state index < -0.39 is 5.92 Å². The van der Waals surface area contributed by atoms with E-state index in [0.29, 0.717) is 36.2 Å². The molecule has 0 radical (unpaired) electrons. The maximum Gasteiger partial charge on any atom is 0.310 e. The van der Waals surface area contributed by atoms with Crippen LogP contribution >= 0.6 is 0 Å². The molecule has 0 amide bonds. The Bertz CT molecular complexity index is 1570. The monoisotopic (exact) mass is 566 g/mol. The van der Waals surface area contributed by atoms with Gasteiger partial charge in [-0.3, -0.25) is 4.79 Å². The summed E-state index contributed by atoms with van der Waals surface area (Å²) in [6, 6.07) is 27.8. The van der Waals surface area contributed by atoms with E-state index in [1.165, 1.54) is 7.11 Å². The van der Waals surface area contributed by atoms with Crippen LogP contribution in [-0.2, 0) is 16.1 Å². The van der Waals surface area contributed by atoms with Crippen LogP contribution in [0.15, 0.2) is 84.9 Å². The Morgan fingerprint density at radius 1 is 0.786 bits per heavy atom. The molecule has 0 spiro atoms. The number of fused-ring (bicyclic) bond motifs is 2. The summed E-state index contributed by atoms with van der Waals surface area (Å²) in [5.74, 6) is 1.89. The molecule has 4 aromatic carbocycles. The standard InChI is InChI=1S/C35H34O7/c1-4-16-39-25-12-13-26-28(18-25)33(27-14-11-24(37-2)19-30(27)40-20-22-8-6-5-7-9-22)34(35(36)38-3)32(26)23-10-15-29-31(17-23)42-21-41-29/h5-15,17-19,32-34H,4,16,20-21H2,1-3H3/t32-,33?,34-/m0/s1. The number of hydrogen-bond donors (Lipinski definition) is 0. The van der Waals surface area contributed by atoms with Crippen LogP contribution < -0.4 is 23.7 Å². The molecule has 1 aliphatic carbocycles. The molecule has 0 saturated heterocycles. The summed E-state index contributed by atoms with van der Waals surface area (Å²) in [5, 5.41) is 0. The Kier molecular flexibility index (Phi) is 7.91. The number of ether oxygens (including phenoxy) is 6. The minimum atomic E-state index is -0.570. The summed E-state index contributed by atoms with van der Waals surface area (Å²) in [7, 11) is 3.07. The Labute approximate surface area is 245 Å². The third-order valence-corrected chi connectivity index (χ3v) is 7.94. The molecule has 7 nitrogen and oxygen atoms in total. The largest absolute Gasteiger partial charge is 0.497 e. The highest BCUT2D eigenvalue weighted by Gasteiger charge is 2.48. The Balaban J connectivity index is 1.50. The van der Waals surface area contributed by atoms with E-state index in [-0.39, 0.29) is 24.6 Å². The Hall–Kier alpha value is -4.65. The van der Waals surface area contributed by atoms with E-state index in [4.69, 9.17) is 28.4 Å².